The van der Waals surface area contributed by atoms with E-state index in [0.29, 0.717) is 6.42 Å². The second-order valence-corrected chi connectivity index (χ2v) is 3.35. The smallest absolute Gasteiger partial charge is 0.161 e. The molecule has 0 aliphatic carbocycles. The van der Waals surface area contributed by atoms with Crippen LogP contribution in [0.15, 0.2) is 0 Å². The Kier molecular flexibility index (Phi) is 7.02. The van der Waals surface area contributed by atoms with Gasteiger partial charge in [-0.25, -0.2) is 0 Å². The fraction of sp³-hybridized carbons (Fsp3) is 0.800. The lowest BCUT2D eigenvalue weighted by atomic mass is 10.0. The number of aliphatic carboxylic acids is 1. The van der Waals surface area contributed by atoms with E-state index in [1.165, 1.54) is 0 Å². The minimum Gasteiger partial charge on any atom is -0.550 e. The van der Waals surface area contributed by atoms with E-state index in [-0.39, 0.29) is 12.8 Å². The molecule has 0 amide bonds. The average Bonchev–Trinajstić information content (AvgIpc) is 2.14. The Labute approximate surface area is 83.9 Å². The van der Waals surface area contributed by atoms with Gasteiger partial charge in [-0.1, -0.05) is 26.2 Å². The third-order valence-electron chi connectivity index (χ3n) is 2.03. The molecule has 0 aliphatic heterocycles. The highest BCUT2D eigenvalue weighted by molar-refractivity contribution is 5.85. The number of hydrogen-bond donors (Lipinski definition) is 1. The topological polar surface area (TPSA) is 77.4 Å². The van der Waals surface area contributed by atoms with Gasteiger partial charge in [0.15, 0.2) is 5.78 Å². The van der Waals surface area contributed by atoms with Gasteiger partial charge in [-0.15, -0.1) is 0 Å². The molecule has 0 saturated carbocycles. The number of carboxylic acids is 1. The van der Waals surface area contributed by atoms with E-state index in [9.17, 15) is 19.8 Å². The zero-order valence-corrected chi connectivity index (χ0v) is 8.49. The third-order valence-corrected chi connectivity index (χ3v) is 2.03. The van der Waals surface area contributed by atoms with Gasteiger partial charge in [0.1, 0.15) is 6.10 Å². The van der Waals surface area contributed by atoms with E-state index in [1.807, 2.05) is 6.92 Å². The van der Waals surface area contributed by atoms with E-state index in [1.54, 1.807) is 0 Å². The van der Waals surface area contributed by atoms with Crippen molar-refractivity contribution in [3.63, 3.8) is 0 Å². The molecular weight excluding hydrogens is 184 g/mol. The van der Waals surface area contributed by atoms with Crippen molar-refractivity contribution < 1.29 is 19.8 Å². The largest absolute Gasteiger partial charge is 0.550 e. The van der Waals surface area contributed by atoms with E-state index in [4.69, 9.17) is 0 Å². The van der Waals surface area contributed by atoms with Crippen molar-refractivity contribution in [2.24, 2.45) is 0 Å². The van der Waals surface area contributed by atoms with Crippen LogP contribution in [0.2, 0.25) is 0 Å². The van der Waals surface area contributed by atoms with E-state index >= 15 is 0 Å². The summed E-state index contributed by atoms with van der Waals surface area (Å²) in [6, 6.07) is 0. The van der Waals surface area contributed by atoms with Crippen LogP contribution in [0.5, 0.6) is 0 Å². The molecule has 0 unspecified atom stereocenters. The first-order valence-electron chi connectivity index (χ1n) is 4.98. The minimum atomic E-state index is -1.25. The number of aliphatic hydroxyl groups excluding tert-OH is 1. The lowest BCUT2D eigenvalue weighted by Crippen LogP contribution is -2.26. The Balaban J connectivity index is 3.59. The fourth-order valence-corrected chi connectivity index (χ4v) is 1.14. The third kappa shape index (κ3) is 6.60. The Bertz CT molecular complexity index is 189. The number of hydrogen-bond acceptors (Lipinski definition) is 4. The fourth-order valence-electron chi connectivity index (χ4n) is 1.14. The summed E-state index contributed by atoms with van der Waals surface area (Å²) in [6.45, 7) is 2.03. The highest BCUT2D eigenvalue weighted by Gasteiger charge is 2.13. The zero-order valence-electron chi connectivity index (χ0n) is 8.49. The second kappa shape index (κ2) is 7.50. The summed E-state index contributed by atoms with van der Waals surface area (Å²) in [6.07, 6.45) is 1.80. The molecule has 0 bridgehead atoms. The molecule has 0 aliphatic rings. The van der Waals surface area contributed by atoms with Gasteiger partial charge in [0, 0.05) is 12.4 Å². The highest BCUT2D eigenvalue weighted by Crippen LogP contribution is 2.06. The Morgan fingerprint density at radius 3 is 2.43 bits per heavy atom. The van der Waals surface area contributed by atoms with Crippen LogP contribution in [-0.2, 0) is 9.59 Å². The number of carboxylic acid groups (broad SMARTS) is 1. The molecule has 1 atom stereocenters. The van der Waals surface area contributed by atoms with Crippen molar-refractivity contribution in [3.05, 3.63) is 0 Å². The first-order valence-corrected chi connectivity index (χ1v) is 4.98. The van der Waals surface area contributed by atoms with Gasteiger partial charge in [-0.2, -0.15) is 0 Å². The minimum absolute atomic E-state index is 0.129. The van der Waals surface area contributed by atoms with Crippen molar-refractivity contribution in [1.29, 1.82) is 0 Å². The van der Waals surface area contributed by atoms with Crippen LogP contribution < -0.4 is 5.11 Å². The van der Waals surface area contributed by atoms with Crippen molar-refractivity contribution in [2.45, 2.75) is 51.6 Å². The lowest BCUT2D eigenvalue weighted by molar-refractivity contribution is -0.305. The molecule has 4 nitrogen and oxygen atoms in total. The van der Waals surface area contributed by atoms with Crippen LogP contribution in [-0.4, -0.2) is 23.0 Å². The summed E-state index contributed by atoms with van der Waals surface area (Å²) in [5, 5.41) is 19.3. The van der Waals surface area contributed by atoms with Crippen molar-refractivity contribution in [1.82, 2.24) is 0 Å². The maximum atomic E-state index is 11.1. The summed E-state index contributed by atoms with van der Waals surface area (Å²) >= 11 is 0. The normalized spacial score (nSPS) is 12.4. The summed E-state index contributed by atoms with van der Waals surface area (Å²) in [4.78, 5) is 21.1. The molecule has 0 spiro atoms. The van der Waals surface area contributed by atoms with Crippen molar-refractivity contribution in [2.75, 3.05) is 0 Å². The number of carbonyl (C=O) groups is 2. The van der Waals surface area contributed by atoms with Crippen LogP contribution in [0.1, 0.15) is 45.4 Å². The van der Waals surface area contributed by atoms with Crippen molar-refractivity contribution >= 4 is 11.8 Å². The van der Waals surface area contributed by atoms with Crippen LogP contribution in [0.4, 0.5) is 0 Å². The maximum Gasteiger partial charge on any atom is 0.161 e. The average molecular weight is 201 g/mol. The second-order valence-electron chi connectivity index (χ2n) is 3.35. The summed E-state index contributed by atoms with van der Waals surface area (Å²) in [5.74, 6) is -1.65. The molecule has 1 N–H and O–H groups in total. The van der Waals surface area contributed by atoms with Crippen molar-refractivity contribution in [3.8, 4) is 0 Å². The summed E-state index contributed by atoms with van der Waals surface area (Å²) < 4.78 is 0. The van der Waals surface area contributed by atoms with Crippen LogP contribution >= 0.6 is 0 Å². The number of rotatable bonds is 8. The molecule has 0 aromatic rings. The molecule has 0 fully saturated rings. The molecule has 0 aromatic heterocycles. The molecule has 82 valence electrons. The molecule has 0 radical (unpaired) electrons. The van der Waals surface area contributed by atoms with Crippen LogP contribution in [0, 0.1) is 0 Å². The predicted octanol–water partition coefficient (Wildman–Crippen LogP) is 0.0268. The first kappa shape index (κ1) is 13.1. The van der Waals surface area contributed by atoms with Gasteiger partial charge < -0.3 is 15.0 Å². The van der Waals surface area contributed by atoms with Gasteiger partial charge in [0.25, 0.3) is 0 Å². The number of ketones is 1. The SMILES string of the molecule is CCCCC[C@@H](O)C(=O)CCC(=O)[O-]. The number of unbranched alkanes of at least 4 members (excludes halogenated alkanes) is 2. The number of carbonyl (C=O) groups excluding carboxylic acids is 2. The van der Waals surface area contributed by atoms with E-state index in [2.05, 4.69) is 0 Å². The Morgan fingerprint density at radius 2 is 1.93 bits per heavy atom. The first-order chi connectivity index (χ1) is 6.57. The predicted molar refractivity (Wildman–Crippen MR) is 49.4 cm³/mol. The Morgan fingerprint density at radius 1 is 1.29 bits per heavy atom. The van der Waals surface area contributed by atoms with E-state index in [0.717, 1.165) is 19.3 Å². The maximum absolute atomic E-state index is 11.1. The summed E-state index contributed by atoms with van der Waals surface area (Å²) in [7, 11) is 0. The molecule has 4 heteroatoms. The van der Waals surface area contributed by atoms with Crippen LogP contribution in [0.25, 0.3) is 0 Å². The number of Topliss-reactive ketones (excluding diaryl/α,β-unsaturated/α-hetero) is 1. The van der Waals surface area contributed by atoms with Gasteiger partial charge in [-0.3, -0.25) is 4.79 Å². The zero-order chi connectivity index (χ0) is 11.0. The van der Waals surface area contributed by atoms with E-state index < -0.39 is 17.9 Å². The molecule has 14 heavy (non-hydrogen) atoms. The summed E-state index contributed by atoms with van der Waals surface area (Å²) in [5.41, 5.74) is 0. The molecule has 0 saturated heterocycles. The number of aliphatic hydroxyl groups is 1. The molecule has 0 aromatic carbocycles. The van der Waals surface area contributed by atoms with Gasteiger partial charge in [0.2, 0.25) is 0 Å². The standard InChI is InChI=1S/C10H18O4/c1-2-3-4-5-8(11)9(12)6-7-10(13)14/h8,11H,2-7H2,1H3,(H,13,14)/p-1/t8-/m1/s1. The van der Waals surface area contributed by atoms with Gasteiger partial charge in [-0.05, 0) is 12.8 Å². The van der Waals surface area contributed by atoms with Gasteiger partial charge in [0.05, 0.1) is 0 Å². The molecular formula is C10H17O4-. The monoisotopic (exact) mass is 201 g/mol. The van der Waals surface area contributed by atoms with Crippen LogP contribution in [0.3, 0.4) is 0 Å². The quantitative estimate of drug-likeness (QED) is 0.562. The molecule has 0 heterocycles. The molecule has 0 rings (SSSR count). The highest BCUT2D eigenvalue weighted by atomic mass is 16.4. The van der Waals surface area contributed by atoms with Gasteiger partial charge >= 0.3 is 0 Å². The Hall–Kier alpha value is -0.900. The lowest BCUT2D eigenvalue weighted by Gasteiger charge is -2.09.